The van der Waals surface area contributed by atoms with Crippen molar-refractivity contribution in [2.75, 3.05) is 32.0 Å². The topological polar surface area (TPSA) is 58.7 Å². The van der Waals surface area contributed by atoms with Crippen LogP contribution in [0.2, 0.25) is 0 Å². The number of nitrogens with zero attached hydrogens (tertiary/aromatic N) is 1. The Morgan fingerprint density at radius 3 is 2.53 bits per heavy atom. The third kappa shape index (κ3) is 4.40. The molecule has 1 saturated carbocycles. The highest BCUT2D eigenvalue weighted by molar-refractivity contribution is 5.41. The zero-order valence-corrected chi connectivity index (χ0v) is 11.4. The van der Waals surface area contributed by atoms with Crippen molar-refractivity contribution < 1.29 is 9.84 Å². The summed E-state index contributed by atoms with van der Waals surface area (Å²) in [6.45, 7) is 2.74. The van der Waals surface area contributed by atoms with Crippen molar-refractivity contribution in [1.82, 2.24) is 4.90 Å². The number of hydrogen-bond donors (Lipinski definition) is 2. The van der Waals surface area contributed by atoms with Gasteiger partial charge in [0.1, 0.15) is 5.75 Å². The van der Waals surface area contributed by atoms with Crippen molar-refractivity contribution >= 4 is 5.69 Å². The molecule has 4 heteroatoms. The summed E-state index contributed by atoms with van der Waals surface area (Å²) in [5.74, 6) is 0.867. The quantitative estimate of drug-likeness (QED) is 0.556. The molecule has 0 radical (unpaired) electrons. The summed E-state index contributed by atoms with van der Waals surface area (Å²) in [7, 11) is 0. The molecule has 106 valence electrons. The average molecular weight is 264 g/mol. The number of nitrogens with two attached hydrogens (primary N) is 1. The molecule has 4 nitrogen and oxygen atoms in total. The summed E-state index contributed by atoms with van der Waals surface area (Å²) < 4.78 is 5.68. The zero-order valence-electron chi connectivity index (χ0n) is 11.4. The van der Waals surface area contributed by atoms with Crippen LogP contribution in [-0.4, -0.2) is 42.4 Å². The van der Waals surface area contributed by atoms with Crippen LogP contribution in [-0.2, 0) is 0 Å². The summed E-state index contributed by atoms with van der Waals surface area (Å²) >= 11 is 0. The molecule has 1 fully saturated rings. The Labute approximate surface area is 115 Å². The number of aliphatic hydroxyl groups excluding tert-OH is 1. The molecule has 0 saturated heterocycles. The van der Waals surface area contributed by atoms with Gasteiger partial charge in [-0.2, -0.15) is 0 Å². The molecule has 0 bridgehead atoms. The molecular weight excluding hydrogens is 240 g/mol. The molecule has 0 atom stereocenters. The van der Waals surface area contributed by atoms with Crippen LogP contribution in [0.3, 0.4) is 0 Å². The first-order chi connectivity index (χ1) is 9.29. The predicted molar refractivity (Wildman–Crippen MR) is 77.3 cm³/mol. The predicted octanol–water partition coefficient (Wildman–Crippen LogP) is 1.88. The molecule has 1 aromatic rings. The van der Waals surface area contributed by atoms with Crippen molar-refractivity contribution in [1.29, 1.82) is 0 Å². The summed E-state index contributed by atoms with van der Waals surface area (Å²) in [4.78, 5) is 2.38. The van der Waals surface area contributed by atoms with Crippen molar-refractivity contribution in [3.8, 4) is 5.75 Å². The molecule has 0 aromatic heterocycles. The van der Waals surface area contributed by atoms with Gasteiger partial charge < -0.3 is 15.6 Å². The number of rotatable bonds is 8. The first-order valence-electron chi connectivity index (χ1n) is 7.13. The minimum atomic E-state index is 0.245. The van der Waals surface area contributed by atoms with E-state index < -0.39 is 0 Å². The van der Waals surface area contributed by atoms with Gasteiger partial charge in [-0.25, -0.2) is 0 Å². The number of hydrogen-bond acceptors (Lipinski definition) is 4. The SMILES string of the molecule is Nc1ccc(OCCCN(CCO)C2CCC2)cc1. The number of anilines is 1. The van der Waals surface area contributed by atoms with Crippen LogP contribution in [0.5, 0.6) is 5.75 Å². The Balaban J connectivity index is 1.65. The summed E-state index contributed by atoms with van der Waals surface area (Å²) in [6.07, 6.45) is 4.87. The maximum Gasteiger partial charge on any atom is 0.119 e. The Hall–Kier alpha value is -1.26. The molecule has 0 amide bonds. The van der Waals surface area contributed by atoms with Gasteiger partial charge in [0.25, 0.3) is 0 Å². The van der Waals surface area contributed by atoms with Gasteiger partial charge in [0.05, 0.1) is 13.2 Å². The van der Waals surface area contributed by atoms with Crippen LogP contribution in [0.4, 0.5) is 5.69 Å². The van der Waals surface area contributed by atoms with Crippen molar-refractivity contribution in [3.63, 3.8) is 0 Å². The lowest BCUT2D eigenvalue weighted by atomic mass is 9.91. The molecule has 2 rings (SSSR count). The van der Waals surface area contributed by atoms with Gasteiger partial charge in [-0.3, -0.25) is 4.90 Å². The van der Waals surface area contributed by atoms with E-state index in [9.17, 15) is 0 Å². The van der Waals surface area contributed by atoms with Crippen molar-refractivity contribution in [2.24, 2.45) is 0 Å². The largest absolute Gasteiger partial charge is 0.494 e. The molecule has 3 N–H and O–H groups in total. The van der Waals surface area contributed by atoms with Crippen molar-refractivity contribution in [2.45, 2.75) is 31.7 Å². The van der Waals surface area contributed by atoms with Crippen LogP contribution < -0.4 is 10.5 Å². The lowest BCUT2D eigenvalue weighted by Gasteiger charge is -2.37. The molecule has 0 heterocycles. The number of benzene rings is 1. The van der Waals surface area contributed by atoms with Gasteiger partial charge in [-0.15, -0.1) is 0 Å². The Morgan fingerprint density at radius 2 is 1.95 bits per heavy atom. The molecular formula is C15H24N2O2. The van der Waals surface area contributed by atoms with Crippen LogP contribution >= 0.6 is 0 Å². The van der Waals surface area contributed by atoms with Gasteiger partial charge in [-0.05, 0) is 43.5 Å². The zero-order chi connectivity index (χ0) is 13.5. The minimum Gasteiger partial charge on any atom is -0.494 e. The van der Waals surface area contributed by atoms with E-state index in [-0.39, 0.29) is 6.61 Å². The second kappa shape index (κ2) is 7.36. The van der Waals surface area contributed by atoms with Crippen LogP contribution in [0.1, 0.15) is 25.7 Å². The van der Waals surface area contributed by atoms with E-state index in [4.69, 9.17) is 15.6 Å². The summed E-state index contributed by atoms with van der Waals surface area (Å²) in [6, 6.07) is 8.17. The molecule has 1 aliphatic carbocycles. The summed E-state index contributed by atoms with van der Waals surface area (Å²) in [5, 5.41) is 9.08. The van der Waals surface area contributed by atoms with Gasteiger partial charge in [-0.1, -0.05) is 6.42 Å². The maximum absolute atomic E-state index is 9.08. The highest BCUT2D eigenvalue weighted by Crippen LogP contribution is 2.24. The molecule has 0 unspecified atom stereocenters. The molecule has 19 heavy (non-hydrogen) atoms. The van der Waals surface area contributed by atoms with Crippen LogP contribution in [0, 0.1) is 0 Å². The van der Waals surface area contributed by atoms with E-state index >= 15 is 0 Å². The third-order valence-corrected chi connectivity index (χ3v) is 3.72. The first-order valence-corrected chi connectivity index (χ1v) is 7.13. The second-order valence-corrected chi connectivity index (χ2v) is 5.12. The monoisotopic (exact) mass is 264 g/mol. The Bertz CT molecular complexity index is 363. The molecule has 1 aliphatic rings. The molecule has 1 aromatic carbocycles. The second-order valence-electron chi connectivity index (χ2n) is 5.12. The average Bonchev–Trinajstić information content (AvgIpc) is 2.35. The third-order valence-electron chi connectivity index (χ3n) is 3.72. The van der Waals surface area contributed by atoms with Gasteiger partial charge in [0.2, 0.25) is 0 Å². The summed E-state index contributed by atoms with van der Waals surface area (Å²) in [5.41, 5.74) is 6.38. The molecule has 0 aliphatic heterocycles. The fourth-order valence-corrected chi connectivity index (χ4v) is 2.38. The Morgan fingerprint density at radius 1 is 1.21 bits per heavy atom. The van der Waals surface area contributed by atoms with E-state index in [1.807, 2.05) is 24.3 Å². The number of aliphatic hydroxyl groups is 1. The standard InChI is InChI=1S/C15H24N2O2/c16-13-5-7-15(8-6-13)19-12-2-9-17(10-11-18)14-3-1-4-14/h5-8,14,18H,1-4,9-12,16H2. The smallest absolute Gasteiger partial charge is 0.119 e. The van der Waals surface area contributed by atoms with E-state index in [1.54, 1.807) is 0 Å². The fraction of sp³-hybridized carbons (Fsp3) is 0.600. The maximum atomic E-state index is 9.08. The number of nitrogen functional groups attached to an aromatic ring is 1. The molecule has 0 spiro atoms. The van der Waals surface area contributed by atoms with Crippen molar-refractivity contribution in [3.05, 3.63) is 24.3 Å². The van der Waals surface area contributed by atoms with Crippen LogP contribution in [0.25, 0.3) is 0 Å². The van der Waals surface area contributed by atoms with E-state index in [0.717, 1.165) is 30.9 Å². The van der Waals surface area contributed by atoms with Gasteiger partial charge in [0, 0.05) is 24.8 Å². The van der Waals surface area contributed by atoms with E-state index in [1.165, 1.54) is 19.3 Å². The number of ether oxygens (including phenoxy) is 1. The minimum absolute atomic E-state index is 0.245. The Kier molecular flexibility index (Phi) is 5.48. The van der Waals surface area contributed by atoms with Gasteiger partial charge >= 0.3 is 0 Å². The first kappa shape index (κ1) is 14.2. The van der Waals surface area contributed by atoms with Crippen LogP contribution in [0.15, 0.2) is 24.3 Å². The highest BCUT2D eigenvalue weighted by Gasteiger charge is 2.23. The normalized spacial score (nSPS) is 15.5. The fourth-order valence-electron chi connectivity index (χ4n) is 2.38. The lowest BCUT2D eigenvalue weighted by molar-refractivity contribution is 0.0952. The lowest BCUT2D eigenvalue weighted by Crippen LogP contribution is -2.42. The highest BCUT2D eigenvalue weighted by atomic mass is 16.5. The van der Waals surface area contributed by atoms with Gasteiger partial charge in [0.15, 0.2) is 0 Å². The van der Waals surface area contributed by atoms with E-state index in [2.05, 4.69) is 4.90 Å². The van der Waals surface area contributed by atoms with E-state index in [0.29, 0.717) is 12.6 Å².